The van der Waals surface area contributed by atoms with Gasteiger partial charge in [-0.1, -0.05) is 0 Å². The van der Waals surface area contributed by atoms with Gasteiger partial charge in [0.1, 0.15) is 17.2 Å². The summed E-state index contributed by atoms with van der Waals surface area (Å²) in [6.45, 7) is 9.16. The Bertz CT molecular complexity index is 433. The van der Waals surface area contributed by atoms with Crippen LogP contribution in [0.3, 0.4) is 0 Å². The Labute approximate surface area is 109 Å². The third kappa shape index (κ3) is 3.45. The lowest BCUT2D eigenvalue weighted by molar-refractivity contribution is 0.162. The van der Waals surface area contributed by atoms with E-state index in [2.05, 4.69) is 26.1 Å². The summed E-state index contributed by atoms with van der Waals surface area (Å²) in [5.41, 5.74) is 0.865. The van der Waals surface area contributed by atoms with E-state index in [0.29, 0.717) is 0 Å². The van der Waals surface area contributed by atoms with Gasteiger partial charge in [-0.2, -0.15) is 0 Å². The summed E-state index contributed by atoms with van der Waals surface area (Å²) in [6.07, 6.45) is 2.12. The van der Waals surface area contributed by atoms with Crippen LogP contribution in [0, 0.1) is 12.7 Å². The van der Waals surface area contributed by atoms with Gasteiger partial charge < -0.3 is 10.1 Å². The van der Waals surface area contributed by atoms with Crippen LogP contribution in [0.15, 0.2) is 18.2 Å². The van der Waals surface area contributed by atoms with Crippen LogP contribution in [-0.4, -0.2) is 17.7 Å². The number of halogens is 1. The molecule has 1 aromatic carbocycles. The summed E-state index contributed by atoms with van der Waals surface area (Å²) >= 11 is 0. The van der Waals surface area contributed by atoms with Crippen molar-refractivity contribution in [2.75, 3.05) is 6.54 Å². The van der Waals surface area contributed by atoms with Gasteiger partial charge in [0, 0.05) is 12.1 Å². The minimum Gasteiger partial charge on any atom is -0.486 e. The second-order valence-electron chi connectivity index (χ2n) is 6.30. The minimum absolute atomic E-state index is 0.0874. The van der Waals surface area contributed by atoms with E-state index in [1.165, 1.54) is 12.1 Å². The molecule has 0 bridgehead atoms. The first-order valence-corrected chi connectivity index (χ1v) is 6.50. The van der Waals surface area contributed by atoms with Gasteiger partial charge in [0.2, 0.25) is 0 Å². The number of rotatable bonds is 4. The fourth-order valence-corrected chi connectivity index (χ4v) is 1.84. The van der Waals surface area contributed by atoms with E-state index in [1.807, 2.05) is 6.92 Å². The van der Waals surface area contributed by atoms with E-state index in [9.17, 15) is 4.39 Å². The van der Waals surface area contributed by atoms with Crippen molar-refractivity contribution < 1.29 is 9.13 Å². The van der Waals surface area contributed by atoms with Gasteiger partial charge in [-0.15, -0.1) is 0 Å². The minimum atomic E-state index is -0.211. The molecule has 0 aromatic heterocycles. The molecular formula is C15H22FNO. The monoisotopic (exact) mass is 251 g/mol. The first-order chi connectivity index (χ1) is 8.30. The Morgan fingerprint density at radius 1 is 1.33 bits per heavy atom. The van der Waals surface area contributed by atoms with Crippen molar-refractivity contribution in [3.8, 4) is 5.75 Å². The predicted octanol–water partition coefficient (Wildman–Crippen LogP) is 3.43. The number of hydrogen-bond donors (Lipinski definition) is 1. The van der Waals surface area contributed by atoms with Gasteiger partial charge in [0.05, 0.1) is 0 Å². The molecule has 1 aliphatic rings. The average molecular weight is 251 g/mol. The van der Waals surface area contributed by atoms with Crippen LogP contribution >= 0.6 is 0 Å². The normalized spacial score (nSPS) is 17.6. The maximum absolute atomic E-state index is 13.0. The van der Waals surface area contributed by atoms with E-state index in [0.717, 1.165) is 30.7 Å². The van der Waals surface area contributed by atoms with Gasteiger partial charge in [0.15, 0.2) is 0 Å². The molecule has 1 aliphatic carbocycles. The lowest BCUT2D eigenvalue weighted by atomic mass is 10.1. The Hall–Kier alpha value is -1.09. The molecule has 0 radical (unpaired) electrons. The van der Waals surface area contributed by atoms with E-state index in [1.54, 1.807) is 6.07 Å². The van der Waals surface area contributed by atoms with Gasteiger partial charge in [-0.05, 0) is 64.3 Å². The number of aryl methyl sites for hydroxylation is 1. The summed E-state index contributed by atoms with van der Waals surface area (Å²) in [7, 11) is 0. The zero-order valence-electron chi connectivity index (χ0n) is 11.6. The SMILES string of the molecule is Cc1cc(F)ccc1OC1(CNC(C)(C)C)CC1. The molecule has 1 aromatic rings. The second kappa shape index (κ2) is 4.54. The van der Waals surface area contributed by atoms with Crippen molar-refractivity contribution in [2.45, 2.75) is 51.7 Å². The molecule has 0 heterocycles. The first-order valence-electron chi connectivity index (χ1n) is 6.50. The summed E-state index contributed by atoms with van der Waals surface area (Å²) in [5.74, 6) is 0.585. The summed E-state index contributed by atoms with van der Waals surface area (Å²) in [5, 5.41) is 3.48. The van der Waals surface area contributed by atoms with E-state index in [4.69, 9.17) is 4.74 Å². The van der Waals surface area contributed by atoms with E-state index >= 15 is 0 Å². The third-order valence-electron chi connectivity index (χ3n) is 3.21. The van der Waals surface area contributed by atoms with Crippen LogP contribution in [-0.2, 0) is 0 Å². The first kappa shape index (κ1) is 13.3. The summed E-state index contributed by atoms with van der Waals surface area (Å²) in [6, 6.07) is 4.69. The smallest absolute Gasteiger partial charge is 0.123 e. The summed E-state index contributed by atoms with van der Waals surface area (Å²) in [4.78, 5) is 0. The van der Waals surface area contributed by atoms with Crippen LogP contribution in [0.4, 0.5) is 4.39 Å². The van der Waals surface area contributed by atoms with E-state index in [-0.39, 0.29) is 17.0 Å². The molecule has 0 saturated heterocycles. The molecule has 0 spiro atoms. The molecule has 1 saturated carbocycles. The molecule has 1 fully saturated rings. The van der Waals surface area contributed by atoms with Gasteiger partial charge in [-0.25, -0.2) is 4.39 Å². The molecule has 100 valence electrons. The highest BCUT2D eigenvalue weighted by atomic mass is 19.1. The predicted molar refractivity (Wildman–Crippen MR) is 71.5 cm³/mol. The topological polar surface area (TPSA) is 21.3 Å². The fourth-order valence-electron chi connectivity index (χ4n) is 1.84. The number of hydrogen-bond acceptors (Lipinski definition) is 2. The third-order valence-corrected chi connectivity index (χ3v) is 3.21. The highest BCUT2D eigenvalue weighted by Gasteiger charge is 2.46. The molecule has 1 N–H and O–H groups in total. The van der Waals surface area contributed by atoms with Crippen molar-refractivity contribution in [3.05, 3.63) is 29.6 Å². The molecule has 0 atom stereocenters. The molecule has 2 rings (SSSR count). The number of ether oxygens (including phenoxy) is 1. The quantitative estimate of drug-likeness (QED) is 0.885. The number of nitrogens with one attached hydrogen (secondary N) is 1. The van der Waals surface area contributed by atoms with Crippen molar-refractivity contribution in [2.24, 2.45) is 0 Å². The second-order valence-corrected chi connectivity index (χ2v) is 6.30. The molecule has 0 amide bonds. The zero-order chi connectivity index (χ0) is 13.4. The van der Waals surface area contributed by atoms with Crippen LogP contribution in [0.25, 0.3) is 0 Å². The maximum Gasteiger partial charge on any atom is 0.123 e. The maximum atomic E-state index is 13.0. The van der Waals surface area contributed by atoms with Gasteiger partial charge in [-0.3, -0.25) is 0 Å². The lowest BCUT2D eigenvalue weighted by Gasteiger charge is -2.26. The standard InChI is InChI=1S/C15H22FNO/c1-11-9-12(16)5-6-13(11)18-15(7-8-15)10-17-14(2,3)4/h5-6,9,17H,7-8,10H2,1-4H3. The molecular weight excluding hydrogens is 229 g/mol. The Balaban J connectivity index is 2.00. The molecule has 3 heteroatoms. The van der Waals surface area contributed by atoms with Gasteiger partial charge >= 0.3 is 0 Å². The lowest BCUT2D eigenvalue weighted by Crippen LogP contribution is -2.43. The highest BCUT2D eigenvalue weighted by Crippen LogP contribution is 2.41. The van der Waals surface area contributed by atoms with Crippen LogP contribution < -0.4 is 10.1 Å². The average Bonchev–Trinajstić information content (AvgIpc) is 3.00. The molecule has 2 nitrogen and oxygen atoms in total. The fraction of sp³-hybridized carbons (Fsp3) is 0.600. The largest absolute Gasteiger partial charge is 0.486 e. The Morgan fingerprint density at radius 3 is 2.50 bits per heavy atom. The van der Waals surface area contributed by atoms with Gasteiger partial charge in [0.25, 0.3) is 0 Å². The Kier molecular flexibility index (Phi) is 3.37. The van der Waals surface area contributed by atoms with Crippen molar-refractivity contribution in [1.82, 2.24) is 5.32 Å². The molecule has 0 unspecified atom stereocenters. The van der Waals surface area contributed by atoms with Crippen molar-refractivity contribution in [1.29, 1.82) is 0 Å². The summed E-state index contributed by atoms with van der Waals surface area (Å²) < 4.78 is 19.1. The number of benzene rings is 1. The van der Waals surface area contributed by atoms with Crippen LogP contribution in [0.5, 0.6) is 5.75 Å². The Morgan fingerprint density at radius 2 is 2.00 bits per heavy atom. The highest BCUT2D eigenvalue weighted by molar-refractivity contribution is 5.34. The van der Waals surface area contributed by atoms with Crippen LogP contribution in [0.2, 0.25) is 0 Å². The van der Waals surface area contributed by atoms with E-state index < -0.39 is 0 Å². The van der Waals surface area contributed by atoms with Crippen molar-refractivity contribution in [3.63, 3.8) is 0 Å². The zero-order valence-corrected chi connectivity index (χ0v) is 11.6. The van der Waals surface area contributed by atoms with Crippen molar-refractivity contribution >= 4 is 0 Å². The molecule has 18 heavy (non-hydrogen) atoms. The molecule has 0 aliphatic heterocycles. The van der Waals surface area contributed by atoms with Crippen LogP contribution in [0.1, 0.15) is 39.2 Å².